The summed E-state index contributed by atoms with van der Waals surface area (Å²) in [6, 6.07) is 7.14. The number of hydrogen-bond acceptors (Lipinski definition) is 4. The first kappa shape index (κ1) is 18.7. The van der Waals surface area contributed by atoms with E-state index < -0.39 is 26.4 Å². The summed E-state index contributed by atoms with van der Waals surface area (Å²) in [5, 5.41) is 4.55. The largest absolute Gasteiger partial charge is 0.379 e. The van der Waals surface area contributed by atoms with E-state index in [4.69, 9.17) is 4.74 Å². The summed E-state index contributed by atoms with van der Waals surface area (Å²) in [5.41, 5.74) is 2.63. The molecule has 0 radical (unpaired) electrons. The minimum Gasteiger partial charge on any atom is -0.379 e. The molecule has 0 aliphatic carbocycles. The number of sulfone groups is 1. The van der Waals surface area contributed by atoms with Gasteiger partial charge in [-0.15, -0.1) is 0 Å². The van der Waals surface area contributed by atoms with Gasteiger partial charge in [0.15, 0.2) is 0 Å². The molecule has 2 aliphatic rings. The summed E-state index contributed by atoms with van der Waals surface area (Å²) in [6.07, 6.45) is 2.73. The van der Waals surface area contributed by atoms with Crippen molar-refractivity contribution in [3.8, 4) is 0 Å². The van der Waals surface area contributed by atoms with Gasteiger partial charge in [0.05, 0.1) is 21.9 Å². The Kier molecular flexibility index (Phi) is 4.27. The van der Waals surface area contributed by atoms with Crippen molar-refractivity contribution in [3.63, 3.8) is 0 Å². The van der Waals surface area contributed by atoms with Crippen LogP contribution in [0.2, 0.25) is 0 Å². The number of fused-ring (bicyclic) bond motifs is 4. The quantitative estimate of drug-likeness (QED) is 0.669. The number of ether oxygens (including phenoxy) is 1. The van der Waals surface area contributed by atoms with Crippen LogP contribution in [0.3, 0.4) is 0 Å². The van der Waals surface area contributed by atoms with Crippen molar-refractivity contribution in [2.75, 3.05) is 19.8 Å². The summed E-state index contributed by atoms with van der Waals surface area (Å²) in [6.45, 7) is 2.14. The van der Waals surface area contributed by atoms with Gasteiger partial charge in [0.1, 0.15) is 11.6 Å². The Balaban J connectivity index is 1.63. The van der Waals surface area contributed by atoms with Crippen LogP contribution in [-0.4, -0.2) is 33.2 Å². The topological polar surface area (TPSA) is 71.2 Å². The zero-order valence-corrected chi connectivity index (χ0v) is 16.4. The van der Waals surface area contributed by atoms with Crippen molar-refractivity contribution in [2.24, 2.45) is 0 Å². The standard InChI is InChI=1S/C21H20F2N2O3S/c22-13-8-14(23)10-16(9-13)29(26,27)15-2-3-17-18-4-6-24-21(5-1-7-28-12-21)20(18)25-19(17)11-15/h2-3,8-11,24-25H,1,4-7,12H2. The molecule has 2 aliphatic heterocycles. The molecular formula is C21H20F2N2O3S. The number of aromatic amines is 1. The second-order valence-corrected chi connectivity index (χ2v) is 9.66. The van der Waals surface area contributed by atoms with Gasteiger partial charge in [-0.05, 0) is 49.1 Å². The highest BCUT2D eigenvalue weighted by atomic mass is 32.2. The lowest BCUT2D eigenvalue weighted by Crippen LogP contribution is -2.52. The number of nitrogens with one attached hydrogen (secondary N) is 2. The summed E-state index contributed by atoms with van der Waals surface area (Å²) in [7, 11) is -4.05. The monoisotopic (exact) mass is 418 g/mol. The number of benzene rings is 2. The Morgan fingerprint density at radius 2 is 1.83 bits per heavy atom. The number of rotatable bonds is 2. The fraction of sp³-hybridized carbons (Fsp3) is 0.333. The van der Waals surface area contributed by atoms with E-state index in [1.54, 1.807) is 12.1 Å². The first-order valence-electron chi connectivity index (χ1n) is 9.58. The molecule has 1 saturated heterocycles. The number of H-pyrrole nitrogens is 1. The van der Waals surface area contributed by atoms with Gasteiger partial charge >= 0.3 is 0 Å². The molecule has 1 fully saturated rings. The number of hydrogen-bond donors (Lipinski definition) is 2. The average molecular weight is 418 g/mol. The Hall–Kier alpha value is -2.29. The SMILES string of the molecule is O=S(=O)(c1cc(F)cc(F)c1)c1ccc2c3c([nH]c2c1)C1(CCCOC1)NCC3. The van der Waals surface area contributed by atoms with E-state index >= 15 is 0 Å². The van der Waals surface area contributed by atoms with Crippen LogP contribution in [0, 0.1) is 11.6 Å². The summed E-state index contributed by atoms with van der Waals surface area (Å²) < 4.78 is 58.7. The number of aromatic nitrogens is 1. The van der Waals surface area contributed by atoms with Gasteiger partial charge < -0.3 is 15.0 Å². The molecule has 2 N–H and O–H groups in total. The lowest BCUT2D eigenvalue weighted by molar-refractivity contribution is 0.0136. The van der Waals surface area contributed by atoms with Crippen molar-refractivity contribution in [2.45, 2.75) is 34.6 Å². The van der Waals surface area contributed by atoms with Crippen LogP contribution in [-0.2, 0) is 26.5 Å². The van der Waals surface area contributed by atoms with Crippen LogP contribution in [0.15, 0.2) is 46.2 Å². The zero-order valence-electron chi connectivity index (χ0n) is 15.6. The molecule has 3 aromatic rings. The lowest BCUT2D eigenvalue weighted by Gasteiger charge is -2.41. The molecule has 0 saturated carbocycles. The van der Waals surface area contributed by atoms with Crippen molar-refractivity contribution < 1.29 is 21.9 Å². The van der Waals surface area contributed by atoms with Gasteiger partial charge in [-0.25, -0.2) is 17.2 Å². The molecule has 152 valence electrons. The van der Waals surface area contributed by atoms with E-state index in [0.717, 1.165) is 55.6 Å². The van der Waals surface area contributed by atoms with Gasteiger partial charge in [0.2, 0.25) is 9.84 Å². The van der Waals surface area contributed by atoms with Crippen LogP contribution in [0.4, 0.5) is 8.78 Å². The van der Waals surface area contributed by atoms with Crippen molar-refractivity contribution in [1.29, 1.82) is 0 Å². The molecule has 5 nitrogen and oxygen atoms in total. The van der Waals surface area contributed by atoms with Crippen LogP contribution in [0.1, 0.15) is 24.1 Å². The maximum Gasteiger partial charge on any atom is 0.206 e. The van der Waals surface area contributed by atoms with E-state index in [2.05, 4.69) is 10.3 Å². The summed E-state index contributed by atoms with van der Waals surface area (Å²) in [4.78, 5) is 3.01. The fourth-order valence-corrected chi connectivity index (χ4v) is 5.86. The molecule has 0 amide bonds. The minimum atomic E-state index is -4.05. The second kappa shape index (κ2) is 6.62. The summed E-state index contributed by atoms with van der Waals surface area (Å²) >= 11 is 0. The van der Waals surface area contributed by atoms with Crippen molar-refractivity contribution >= 4 is 20.7 Å². The molecular weight excluding hydrogens is 398 g/mol. The summed E-state index contributed by atoms with van der Waals surface area (Å²) in [5.74, 6) is -1.85. The Morgan fingerprint density at radius 1 is 1.03 bits per heavy atom. The fourth-order valence-electron chi connectivity index (χ4n) is 4.54. The lowest BCUT2D eigenvalue weighted by atomic mass is 9.83. The van der Waals surface area contributed by atoms with Gasteiger partial charge in [0.25, 0.3) is 0 Å². The Morgan fingerprint density at radius 3 is 2.55 bits per heavy atom. The predicted molar refractivity (Wildman–Crippen MR) is 104 cm³/mol. The Labute approximate surface area is 167 Å². The van der Waals surface area contributed by atoms with Crippen LogP contribution in [0.25, 0.3) is 10.9 Å². The number of halogens is 2. The first-order valence-corrected chi connectivity index (χ1v) is 11.1. The van der Waals surface area contributed by atoms with Crippen molar-refractivity contribution in [3.05, 3.63) is 59.3 Å². The second-order valence-electron chi connectivity index (χ2n) is 7.71. The molecule has 5 rings (SSSR count). The van der Waals surface area contributed by atoms with E-state index in [9.17, 15) is 17.2 Å². The highest BCUT2D eigenvalue weighted by Crippen LogP contribution is 2.39. The molecule has 1 atom stereocenters. The third-order valence-corrected chi connectivity index (χ3v) is 7.62. The van der Waals surface area contributed by atoms with E-state index in [1.165, 1.54) is 11.6 Å². The van der Waals surface area contributed by atoms with E-state index in [1.807, 2.05) is 0 Å². The van der Waals surface area contributed by atoms with E-state index in [0.29, 0.717) is 18.2 Å². The third kappa shape index (κ3) is 2.97. The molecule has 3 heterocycles. The predicted octanol–water partition coefficient (Wildman–Crippen LogP) is 3.43. The van der Waals surface area contributed by atoms with Gasteiger partial charge in [0, 0.05) is 35.8 Å². The smallest absolute Gasteiger partial charge is 0.206 e. The highest BCUT2D eigenvalue weighted by Gasteiger charge is 2.40. The van der Waals surface area contributed by atoms with Crippen LogP contribution < -0.4 is 5.32 Å². The minimum absolute atomic E-state index is 0.00417. The highest BCUT2D eigenvalue weighted by molar-refractivity contribution is 7.91. The van der Waals surface area contributed by atoms with Crippen molar-refractivity contribution in [1.82, 2.24) is 10.3 Å². The molecule has 1 spiro atoms. The molecule has 1 aromatic heterocycles. The molecule has 29 heavy (non-hydrogen) atoms. The first-order chi connectivity index (χ1) is 13.9. The van der Waals surface area contributed by atoms with E-state index in [-0.39, 0.29) is 10.4 Å². The molecule has 2 aromatic carbocycles. The molecule has 0 bridgehead atoms. The normalized spacial score (nSPS) is 22.1. The Bertz CT molecular complexity index is 1190. The third-order valence-electron chi connectivity index (χ3n) is 5.89. The average Bonchev–Trinajstić information content (AvgIpc) is 3.08. The van der Waals surface area contributed by atoms with Gasteiger partial charge in [-0.3, -0.25) is 0 Å². The van der Waals surface area contributed by atoms with Crippen LogP contribution in [0.5, 0.6) is 0 Å². The molecule has 8 heteroatoms. The van der Waals surface area contributed by atoms with Gasteiger partial charge in [-0.1, -0.05) is 6.07 Å². The zero-order chi connectivity index (χ0) is 20.2. The molecule has 1 unspecified atom stereocenters. The van der Waals surface area contributed by atoms with Gasteiger partial charge in [-0.2, -0.15) is 0 Å². The maximum atomic E-state index is 13.6. The van der Waals surface area contributed by atoms with Crippen LogP contribution >= 0.6 is 0 Å². The maximum absolute atomic E-state index is 13.6.